The van der Waals surface area contributed by atoms with E-state index in [0.29, 0.717) is 38.0 Å². The fourth-order valence-corrected chi connectivity index (χ4v) is 3.85. The standard InChI is InChI=1S/C21H19F3N2O3/c22-16-3-1-2-15(11-16)19(27)25-8-6-21(7-9-25)13-26(20(28)29-21)12-14-4-5-17(23)18(24)10-14/h1-5,10-11H,6-9,12-13H2. The summed E-state index contributed by atoms with van der Waals surface area (Å²) in [5.41, 5.74) is 0.0370. The average Bonchev–Trinajstić information content (AvgIpc) is 2.99. The first-order valence-corrected chi connectivity index (χ1v) is 9.32. The average molecular weight is 404 g/mol. The maximum absolute atomic E-state index is 13.4. The topological polar surface area (TPSA) is 49.9 Å². The van der Waals surface area contributed by atoms with Crippen molar-refractivity contribution < 1.29 is 27.5 Å². The molecule has 2 aromatic carbocycles. The number of hydrogen-bond donors (Lipinski definition) is 0. The molecule has 2 aromatic rings. The van der Waals surface area contributed by atoms with Crippen molar-refractivity contribution in [1.29, 1.82) is 0 Å². The van der Waals surface area contributed by atoms with E-state index in [9.17, 15) is 22.8 Å². The van der Waals surface area contributed by atoms with Crippen molar-refractivity contribution in [2.45, 2.75) is 25.0 Å². The SMILES string of the molecule is O=C1OC2(CCN(C(=O)c3cccc(F)c3)CC2)CN1Cc1ccc(F)c(F)c1. The molecule has 2 saturated heterocycles. The molecule has 8 heteroatoms. The number of likely N-dealkylation sites (tertiary alicyclic amines) is 1. The lowest BCUT2D eigenvalue weighted by Gasteiger charge is -2.37. The van der Waals surface area contributed by atoms with Crippen LogP contribution in [0, 0.1) is 17.5 Å². The number of hydrogen-bond acceptors (Lipinski definition) is 3. The molecule has 152 valence electrons. The predicted octanol–water partition coefficient (Wildman–Crippen LogP) is 3.73. The first kappa shape index (κ1) is 19.3. The molecule has 0 bridgehead atoms. The van der Waals surface area contributed by atoms with Gasteiger partial charge in [-0.25, -0.2) is 18.0 Å². The summed E-state index contributed by atoms with van der Waals surface area (Å²) in [6.45, 7) is 1.18. The van der Waals surface area contributed by atoms with Crippen molar-refractivity contribution in [3.8, 4) is 0 Å². The summed E-state index contributed by atoms with van der Waals surface area (Å²) in [6.07, 6.45) is 0.391. The maximum Gasteiger partial charge on any atom is 0.410 e. The lowest BCUT2D eigenvalue weighted by molar-refractivity contribution is 0.00311. The molecular weight excluding hydrogens is 385 g/mol. The van der Waals surface area contributed by atoms with Crippen molar-refractivity contribution >= 4 is 12.0 Å². The molecule has 0 aromatic heterocycles. The summed E-state index contributed by atoms with van der Waals surface area (Å²) < 4.78 is 45.5. The van der Waals surface area contributed by atoms with Gasteiger partial charge in [0.15, 0.2) is 11.6 Å². The van der Waals surface area contributed by atoms with Crippen molar-refractivity contribution in [2.24, 2.45) is 0 Å². The van der Waals surface area contributed by atoms with E-state index in [1.54, 1.807) is 11.0 Å². The fourth-order valence-electron chi connectivity index (χ4n) is 3.85. The van der Waals surface area contributed by atoms with Gasteiger partial charge in [0, 0.05) is 38.0 Å². The lowest BCUT2D eigenvalue weighted by Crippen LogP contribution is -2.48. The largest absolute Gasteiger partial charge is 0.441 e. The molecule has 2 aliphatic heterocycles. The maximum atomic E-state index is 13.4. The minimum Gasteiger partial charge on any atom is -0.441 e. The van der Waals surface area contributed by atoms with Crippen LogP contribution in [0.15, 0.2) is 42.5 Å². The third-order valence-corrected chi connectivity index (χ3v) is 5.43. The Bertz CT molecular complexity index is 958. The molecular formula is C21H19F3N2O3. The van der Waals surface area contributed by atoms with Gasteiger partial charge >= 0.3 is 6.09 Å². The number of carbonyl (C=O) groups is 2. The van der Waals surface area contributed by atoms with Crippen molar-refractivity contribution in [3.05, 3.63) is 71.0 Å². The summed E-state index contributed by atoms with van der Waals surface area (Å²) in [7, 11) is 0. The Kier molecular flexibility index (Phi) is 4.94. The van der Waals surface area contributed by atoms with Gasteiger partial charge in [0.25, 0.3) is 5.91 Å². The van der Waals surface area contributed by atoms with Crippen LogP contribution in [0.4, 0.5) is 18.0 Å². The third kappa shape index (κ3) is 3.92. The van der Waals surface area contributed by atoms with Gasteiger partial charge in [-0.05, 0) is 35.9 Å². The van der Waals surface area contributed by atoms with Gasteiger partial charge in [-0.3, -0.25) is 9.69 Å². The fraction of sp³-hybridized carbons (Fsp3) is 0.333. The van der Waals surface area contributed by atoms with E-state index in [1.165, 1.54) is 29.2 Å². The second kappa shape index (κ2) is 7.42. The molecule has 29 heavy (non-hydrogen) atoms. The van der Waals surface area contributed by atoms with E-state index in [4.69, 9.17) is 4.74 Å². The van der Waals surface area contributed by atoms with E-state index in [2.05, 4.69) is 0 Å². The highest BCUT2D eigenvalue weighted by Crippen LogP contribution is 2.34. The van der Waals surface area contributed by atoms with Gasteiger partial charge in [-0.1, -0.05) is 12.1 Å². The molecule has 0 atom stereocenters. The van der Waals surface area contributed by atoms with Gasteiger partial charge in [0.1, 0.15) is 11.4 Å². The first-order valence-electron chi connectivity index (χ1n) is 9.32. The molecule has 1 spiro atoms. The quantitative estimate of drug-likeness (QED) is 0.783. The molecule has 2 aliphatic rings. The summed E-state index contributed by atoms with van der Waals surface area (Å²) in [5, 5.41) is 0. The van der Waals surface area contributed by atoms with E-state index in [-0.39, 0.29) is 18.0 Å². The molecule has 5 nitrogen and oxygen atoms in total. The Morgan fingerprint density at radius 2 is 1.79 bits per heavy atom. The molecule has 0 radical (unpaired) electrons. The number of piperidine rings is 1. The molecule has 2 heterocycles. The van der Waals surface area contributed by atoms with E-state index in [1.807, 2.05) is 0 Å². The Morgan fingerprint density at radius 3 is 2.48 bits per heavy atom. The number of rotatable bonds is 3. The number of ether oxygens (including phenoxy) is 1. The summed E-state index contributed by atoms with van der Waals surface area (Å²) in [6, 6.07) is 9.05. The van der Waals surface area contributed by atoms with E-state index < -0.39 is 29.1 Å². The van der Waals surface area contributed by atoms with Gasteiger partial charge in [-0.2, -0.15) is 0 Å². The van der Waals surface area contributed by atoms with Gasteiger partial charge in [0.05, 0.1) is 6.54 Å². The number of benzene rings is 2. The van der Waals surface area contributed by atoms with Crippen molar-refractivity contribution in [3.63, 3.8) is 0 Å². The summed E-state index contributed by atoms with van der Waals surface area (Å²) >= 11 is 0. The van der Waals surface area contributed by atoms with Crippen LogP contribution in [0.1, 0.15) is 28.8 Å². The summed E-state index contributed by atoms with van der Waals surface area (Å²) in [5.74, 6) is -2.64. The molecule has 2 amide bonds. The Balaban J connectivity index is 1.39. The van der Waals surface area contributed by atoms with Crippen LogP contribution in [0.3, 0.4) is 0 Å². The molecule has 0 aliphatic carbocycles. The van der Waals surface area contributed by atoms with Crippen molar-refractivity contribution in [2.75, 3.05) is 19.6 Å². The van der Waals surface area contributed by atoms with Gasteiger partial charge in [0.2, 0.25) is 0 Å². The number of amides is 2. The monoisotopic (exact) mass is 404 g/mol. The minimum atomic E-state index is -0.964. The highest BCUT2D eigenvalue weighted by molar-refractivity contribution is 5.94. The zero-order chi connectivity index (χ0) is 20.6. The smallest absolute Gasteiger partial charge is 0.410 e. The van der Waals surface area contributed by atoms with E-state index in [0.717, 1.165) is 12.1 Å². The zero-order valence-electron chi connectivity index (χ0n) is 15.5. The van der Waals surface area contributed by atoms with E-state index >= 15 is 0 Å². The van der Waals surface area contributed by atoms with Crippen LogP contribution in [-0.2, 0) is 11.3 Å². The third-order valence-electron chi connectivity index (χ3n) is 5.43. The second-order valence-corrected chi connectivity index (χ2v) is 7.46. The molecule has 0 N–H and O–H groups in total. The number of halogens is 3. The lowest BCUT2D eigenvalue weighted by atomic mass is 9.91. The first-order chi connectivity index (χ1) is 13.8. The second-order valence-electron chi connectivity index (χ2n) is 7.46. The van der Waals surface area contributed by atoms with Crippen LogP contribution in [0.25, 0.3) is 0 Å². The normalized spacial score (nSPS) is 18.2. The van der Waals surface area contributed by atoms with Crippen LogP contribution in [-0.4, -0.2) is 47.0 Å². The number of nitrogens with zero attached hydrogens (tertiary/aromatic N) is 2. The Labute approximate surface area is 165 Å². The number of carbonyl (C=O) groups excluding carboxylic acids is 2. The zero-order valence-corrected chi connectivity index (χ0v) is 15.5. The highest BCUT2D eigenvalue weighted by Gasteiger charge is 2.47. The molecule has 0 unspecified atom stereocenters. The molecule has 0 saturated carbocycles. The molecule has 2 fully saturated rings. The Morgan fingerprint density at radius 1 is 1.03 bits per heavy atom. The van der Waals surface area contributed by atoms with Crippen molar-refractivity contribution in [1.82, 2.24) is 9.80 Å². The highest BCUT2D eigenvalue weighted by atomic mass is 19.2. The summed E-state index contributed by atoms with van der Waals surface area (Å²) in [4.78, 5) is 27.9. The van der Waals surface area contributed by atoms with Crippen LogP contribution in [0.5, 0.6) is 0 Å². The van der Waals surface area contributed by atoms with Gasteiger partial charge < -0.3 is 9.64 Å². The van der Waals surface area contributed by atoms with Crippen LogP contribution < -0.4 is 0 Å². The predicted molar refractivity (Wildman–Crippen MR) is 97.5 cm³/mol. The Hall–Kier alpha value is -3.03. The minimum absolute atomic E-state index is 0.115. The van der Waals surface area contributed by atoms with Crippen LogP contribution >= 0.6 is 0 Å². The molecule has 4 rings (SSSR count). The van der Waals surface area contributed by atoms with Gasteiger partial charge in [-0.15, -0.1) is 0 Å². The van der Waals surface area contributed by atoms with Crippen LogP contribution in [0.2, 0.25) is 0 Å².